The maximum atomic E-state index is 13.8. The van der Waals surface area contributed by atoms with Crippen molar-refractivity contribution < 1.29 is 18.8 Å². The number of hydrogen-bond donors (Lipinski definition) is 2. The van der Waals surface area contributed by atoms with Crippen LogP contribution in [0, 0.1) is 0 Å². The van der Waals surface area contributed by atoms with Gasteiger partial charge in [-0.3, -0.25) is 24.6 Å². The van der Waals surface area contributed by atoms with E-state index in [2.05, 4.69) is 5.32 Å². The van der Waals surface area contributed by atoms with E-state index in [9.17, 15) is 18.8 Å². The number of piperidine rings is 2. The Bertz CT molecular complexity index is 789. The Morgan fingerprint density at radius 1 is 1.22 bits per heavy atom. The van der Waals surface area contributed by atoms with Gasteiger partial charge in [0.2, 0.25) is 11.8 Å². The molecule has 3 N–H and O–H groups in total. The van der Waals surface area contributed by atoms with Crippen LogP contribution in [0.4, 0.5) is 4.39 Å². The molecule has 3 amide bonds. The molecular formula is C19H23FN4O3. The highest BCUT2D eigenvalue weighted by atomic mass is 19.1. The van der Waals surface area contributed by atoms with Crippen LogP contribution in [0.5, 0.6) is 0 Å². The molecule has 0 spiro atoms. The van der Waals surface area contributed by atoms with Crippen LogP contribution in [0.2, 0.25) is 0 Å². The third-order valence-electron chi connectivity index (χ3n) is 5.58. The first-order valence-corrected chi connectivity index (χ1v) is 9.30. The van der Waals surface area contributed by atoms with Crippen LogP contribution in [0.15, 0.2) is 18.2 Å². The van der Waals surface area contributed by atoms with Crippen LogP contribution in [0.3, 0.4) is 0 Å². The number of amides is 3. The first-order valence-electron chi connectivity index (χ1n) is 9.30. The van der Waals surface area contributed by atoms with Crippen molar-refractivity contribution in [1.82, 2.24) is 15.1 Å². The molecule has 27 heavy (non-hydrogen) atoms. The van der Waals surface area contributed by atoms with E-state index in [0.29, 0.717) is 44.6 Å². The molecule has 3 heterocycles. The highest BCUT2D eigenvalue weighted by molar-refractivity contribution is 6.05. The molecule has 0 radical (unpaired) electrons. The smallest absolute Gasteiger partial charge is 0.255 e. The number of carbonyl (C=O) groups is 3. The molecule has 0 aliphatic carbocycles. The second kappa shape index (κ2) is 7.01. The monoisotopic (exact) mass is 374 g/mol. The molecule has 2 fully saturated rings. The Labute approximate surface area is 156 Å². The molecule has 0 saturated carbocycles. The molecule has 4 rings (SSSR count). The number of benzene rings is 1. The number of halogens is 1. The summed E-state index contributed by atoms with van der Waals surface area (Å²) >= 11 is 0. The first-order chi connectivity index (χ1) is 12.9. The van der Waals surface area contributed by atoms with E-state index in [-0.39, 0.29) is 24.3 Å². The third kappa shape index (κ3) is 3.46. The number of nitrogens with zero attached hydrogens (tertiary/aromatic N) is 2. The summed E-state index contributed by atoms with van der Waals surface area (Å²) in [5.41, 5.74) is 8.35. The van der Waals surface area contributed by atoms with Gasteiger partial charge >= 0.3 is 0 Å². The van der Waals surface area contributed by atoms with Gasteiger partial charge in [-0.05, 0) is 30.0 Å². The van der Waals surface area contributed by atoms with Crippen molar-refractivity contribution in [3.63, 3.8) is 0 Å². The molecule has 144 valence electrons. The highest BCUT2D eigenvalue weighted by Crippen LogP contribution is 2.30. The molecule has 2 saturated heterocycles. The van der Waals surface area contributed by atoms with Crippen LogP contribution in [0.25, 0.3) is 0 Å². The average Bonchev–Trinajstić information content (AvgIpc) is 2.92. The summed E-state index contributed by atoms with van der Waals surface area (Å²) in [6.45, 7) is 1.81. The summed E-state index contributed by atoms with van der Waals surface area (Å²) < 4.78 is 13.8. The number of likely N-dealkylation sites (tertiary alicyclic amines) is 1. The van der Waals surface area contributed by atoms with Crippen molar-refractivity contribution in [3.05, 3.63) is 34.9 Å². The molecule has 0 bridgehead atoms. The van der Waals surface area contributed by atoms with Crippen LogP contribution in [-0.4, -0.2) is 58.9 Å². The molecule has 8 heteroatoms. The lowest BCUT2D eigenvalue weighted by Gasteiger charge is -2.33. The molecular weight excluding hydrogens is 351 g/mol. The topological polar surface area (TPSA) is 95.7 Å². The Kier molecular flexibility index (Phi) is 4.69. The number of hydrogen-bond acceptors (Lipinski definition) is 5. The summed E-state index contributed by atoms with van der Waals surface area (Å²) in [7, 11) is 0. The lowest BCUT2D eigenvalue weighted by Crippen LogP contribution is -2.52. The zero-order valence-electron chi connectivity index (χ0n) is 15.0. The van der Waals surface area contributed by atoms with Crippen molar-refractivity contribution in [1.29, 1.82) is 0 Å². The molecule has 1 unspecified atom stereocenters. The van der Waals surface area contributed by atoms with E-state index in [1.807, 2.05) is 17.0 Å². The number of nitrogens with two attached hydrogens (primary N) is 1. The summed E-state index contributed by atoms with van der Waals surface area (Å²) in [5.74, 6) is -0.917. The molecule has 1 aromatic rings. The van der Waals surface area contributed by atoms with E-state index in [0.717, 1.165) is 11.1 Å². The van der Waals surface area contributed by atoms with Crippen LogP contribution >= 0.6 is 0 Å². The molecule has 0 aromatic heterocycles. The van der Waals surface area contributed by atoms with Gasteiger partial charge in [0.15, 0.2) is 0 Å². The minimum Gasteiger partial charge on any atom is -0.326 e. The number of alkyl halides is 1. The fraction of sp³-hybridized carbons (Fsp3) is 0.526. The predicted octanol–water partition coefficient (Wildman–Crippen LogP) is 0.319. The maximum Gasteiger partial charge on any atom is 0.255 e. The number of fused-ring (bicyclic) bond motifs is 1. The predicted molar refractivity (Wildman–Crippen MR) is 95.3 cm³/mol. The minimum atomic E-state index is -0.938. The van der Waals surface area contributed by atoms with Crippen LogP contribution in [0.1, 0.15) is 40.7 Å². The van der Waals surface area contributed by atoms with Gasteiger partial charge in [0.25, 0.3) is 5.91 Å². The van der Waals surface area contributed by atoms with Crippen molar-refractivity contribution in [2.45, 2.75) is 50.6 Å². The van der Waals surface area contributed by atoms with Gasteiger partial charge < -0.3 is 10.6 Å². The van der Waals surface area contributed by atoms with Crippen molar-refractivity contribution >= 4 is 17.7 Å². The van der Waals surface area contributed by atoms with Gasteiger partial charge in [0.1, 0.15) is 12.2 Å². The van der Waals surface area contributed by atoms with Gasteiger partial charge in [-0.1, -0.05) is 12.1 Å². The van der Waals surface area contributed by atoms with E-state index in [4.69, 9.17) is 5.73 Å². The minimum absolute atomic E-state index is 0.188. The second-order valence-corrected chi connectivity index (χ2v) is 7.63. The highest BCUT2D eigenvalue weighted by Gasteiger charge is 2.40. The van der Waals surface area contributed by atoms with E-state index < -0.39 is 18.1 Å². The van der Waals surface area contributed by atoms with Crippen molar-refractivity contribution in [2.75, 3.05) is 13.1 Å². The SMILES string of the molecule is N[C@H]1C[C@H](F)CN(Cc2cccc3c2CN(C2CCC(=O)NC2=O)C3=O)C1. The fourth-order valence-corrected chi connectivity index (χ4v) is 4.33. The summed E-state index contributed by atoms with van der Waals surface area (Å²) in [6.07, 6.45) is 0.00892. The molecule has 7 nitrogen and oxygen atoms in total. The van der Waals surface area contributed by atoms with E-state index in [1.54, 1.807) is 6.07 Å². The Morgan fingerprint density at radius 2 is 2.04 bits per heavy atom. The van der Waals surface area contributed by atoms with Gasteiger partial charge in [-0.25, -0.2) is 4.39 Å². The zero-order valence-corrected chi connectivity index (χ0v) is 15.0. The zero-order chi connectivity index (χ0) is 19.1. The average molecular weight is 374 g/mol. The van der Waals surface area contributed by atoms with E-state index in [1.165, 1.54) is 4.90 Å². The van der Waals surface area contributed by atoms with Crippen LogP contribution < -0.4 is 11.1 Å². The quantitative estimate of drug-likeness (QED) is 0.743. The first kappa shape index (κ1) is 18.1. The largest absolute Gasteiger partial charge is 0.326 e. The Balaban J connectivity index is 1.54. The molecule has 3 aliphatic heterocycles. The Hall–Kier alpha value is -2.32. The molecule has 1 aromatic carbocycles. The number of carbonyl (C=O) groups excluding carboxylic acids is 3. The maximum absolute atomic E-state index is 13.8. The van der Waals surface area contributed by atoms with Gasteiger partial charge in [-0.2, -0.15) is 0 Å². The summed E-state index contributed by atoms with van der Waals surface area (Å²) in [6, 6.07) is 4.69. The van der Waals surface area contributed by atoms with Crippen molar-refractivity contribution in [3.8, 4) is 0 Å². The standard InChI is InChI=1S/C19H23FN4O3/c20-12-6-13(21)9-23(8-12)7-11-2-1-3-14-15(11)10-24(19(14)27)16-4-5-17(25)22-18(16)26/h1-3,12-13,16H,4-10,21H2,(H,22,25,26)/t12-,13-,16?/m0/s1. The normalized spacial score (nSPS) is 29.0. The number of imide groups is 1. The fourth-order valence-electron chi connectivity index (χ4n) is 4.33. The lowest BCUT2D eigenvalue weighted by molar-refractivity contribution is -0.136. The van der Waals surface area contributed by atoms with E-state index >= 15 is 0 Å². The number of nitrogens with one attached hydrogen (secondary N) is 1. The Morgan fingerprint density at radius 3 is 2.78 bits per heavy atom. The number of rotatable bonds is 3. The second-order valence-electron chi connectivity index (χ2n) is 7.63. The van der Waals surface area contributed by atoms with Gasteiger partial charge in [-0.15, -0.1) is 0 Å². The third-order valence-corrected chi connectivity index (χ3v) is 5.58. The molecule has 3 atom stereocenters. The van der Waals surface area contributed by atoms with Gasteiger partial charge in [0, 0.05) is 44.2 Å². The van der Waals surface area contributed by atoms with Crippen LogP contribution in [-0.2, 0) is 22.7 Å². The lowest BCUT2D eigenvalue weighted by atomic mass is 10.0. The van der Waals surface area contributed by atoms with Gasteiger partial charge in [0.05, 0.1) is 0 Å². The summed E-state index contributed by atoms with van der Waals surface area (Å²) in [5, 5.41) is 2.31. The molecule has 3 aliphatic rings. The van der Waals surface area contributed by atoms with Crippen molar-refractivity contribution in [2.24, 2.45) is 5.73 Å². The summed E-state index contributed by atoms with van der Waals surface area (Å²) in [4.78, 5) is 39.9.